The third-order valence-corrected chi connectivity index (χ3v) is 2.95. The van der Waals surface area contributed by atoms with Crippen molar-refractivity contribution in [2.24, 2.45) is 5.92 Å². The lowest BCUT2D eigenvalue weighted by molar-refractivity contribution is 0.176. The maximum absolute atomic E-state index is 8.85. The van der Waals surface area contributed by atoms with Crippen molar-refractivity contribution in [3.63, 3.8) is 0 Å². The Morgan fingerprint density at radius 3 is 2.79 bits per heavy atom. The van der Waals surface area contributed by atoms with Crippen LogP contribution in [0.5, 0.6) is 0 Å². The number of aliphatic hydroxyl groups is 1. The zero-order valence-corrected chi connectivity index (χ0v) is 9.74. The topological polar surface area (TPSA) is 26.7 Å². The number of nitrogens with zero attached hydrogens (tertiary/aromatic N) is 2. The zero-order chi connectivity index (χ0) is 10.6. The van der Waals surface area contributed by atoms with E-state index in [4.69, 9.17) is 5.11 Å². The van der Waals surface area contributed by atoms with Crippen LogP contribution in [-0.2, 0) is 0 Å². The second kappa shape index (κ2) is 5.69. The van der Waals surface area contributed by atoms with E-state index in [0.717, 1.165) is 12.5 Å². The van der Waals surface area contributed by atoms with Crippen LogP contribution in [0.25, 0.3) is 0 Å². The number of rotatable bonds is 5. The lowest BCUT2D eigenvalue weighted by atomic mass is 10.2. The van der Waals surface area contributed by atoms with E-state index >= 15 is 0 Å². The van der Waals surface area contributed by atoms with Crippen molar-refractivity contribution in [1.82, 2.24) is 9.80 Å². The van der Waals surface area contributed by atoms with Gasteiger partial charge in [0.1, 0.15) is 0 Å². The summed E-state index contributed by atoms with van der Waals surface area (Å²) >= 11 is 0. The minimum absolute atomic E-state index is 0.275. The molecular weight excluding hydrogens is 176 g/mol. The van der Waals surface area contributed by atoms with E-state index in [-0.39, 0.29) is 6.61 Å². The molecule has 1 heterocycles. The molecule has 0 aromatic carbocycles. The van der Waals surface area contributed by atoms with Gasteiger partial charge in [0, 0.05) is 25.7 Å². The lowest BCUT2D eigenvalue weighted by Crippen LogP contribution is -2.36. The van der Waals surface area contributed by atoms with Crippen LogP contribution in [0, 0.1) is 5.92 Å². The molecule has 0 spiro atoms. The van der Waals surface area contributed by atoms with E-state index in [2.05, 4.69) is 30.7 Å². The third-order valence-electron chi connectivity index (χ3n) is 2.95. The number of aliphatic hydroxyl groups excluding tert-OH is 1. The van der Waals surface area contributed by atoms with Crippen molar-refractivity contribution in [1.29, 1.82) is 0 Å². The molecule has 0 amide bonds. The fourth-order valence-corrected chi connectivity index (χ4v) is 2.19. The molecule has 3 nitrogen and oxygen atoms in total. The Morgan fingerprint density at radius 1 is 1.50 bits per heavy atom. The molecule has 0 aromatic heterocycles. The molecule has 1 saturated heterocycles. The molecule has 1 N–H and O–H groups in total. The van der Waals surface area contributed by atoms with Gasteiger partial charge in [-0.1, -0.05) is 13.8 Å². The molecule has 1 fully saturated rings. The highest BCUT2D eigenvalue weighted by Crippen LogP contribution is 2.15. The van der Waals surface area contributed by atoms with Crippen molar-refractivity contribution in [3.05, 3.63) is 0 Å². The van der Waals surface area contributed by atoms with E-state index < -0.39 is 0 Å². The summed E-state index contributed by atoms with van der Waals surface area (Å²) in [6.45, 7) is 9.23. The average molecular weight is 200 g/mol. The highest BCUT2D eigenvalue weighted by atomic mass is 16.3. The lowest BCUT2D eigenvalue weighted by Gasteiger charge is -2.24. The fraction of sp³-hybridized carbons (Fsp3) is 1.00. The van der Waals surface area contributed by atoms with Gasteiger partial charge < -0.3 is 10.0 Å². The Balaban J connectivity index is 2.26. The summed E-state index contributed by atoms with van der Waals surface area (Å²) in [6.07, 6.45) is 1.25. The average Bonchev–Trinajstić information content (AvgIpc) is 2.52. The Labute approximate surface area is 87.7 Å². The Kier molecular flexibility index (Phi) is 4.85. The first kappa shape index (κ1) is 12.0. The van der Waals surface area contributed by atoms with Crippen molar-refractivity contribution in [2.45, 2.75) is 26.3 Å². The molecule has 0 bridgehead atoms. The highest BCUT2D eigenvalue weighted by molar-refractivity contribution is 4.82. The van der Waals surface area contributed by atoms with E-state index in [9.17, 15) is 0 Å². The van der Waals surface area contributed by atoms with Crippen LogP contribution in [0.4, 0.5) is 0 Å². The summed E-state index contributed by atoms with van der Waals surface area (Å²) in [5.41, 5.74) is 0. The van der Waals surface area contributed by atoms with Crippen LogP contribution in [0.1, 0.15) is 20.3 Å². The second-order valence-corrected chi connectivity index (χ2v) is 4.80. The van der Waals surface area contributed by atoms with Gasteiger partial charge in [-0.3, -0.25) is 4.90 Å². The maximum atomic E-state index is 8.85. The summed E-state index contributed by atoms with van der Waals surface area (Å²) in [4.78, 5) is 4.81. The Morgan fingerprint density at radius 2 is 2.21 bits per heavy atom. The zero-order valence-electron chi connectivity index (χ0n) is 9.74. The van der Waals surface area contributed by atoms with Gasteiger partial charge in [-0.05, 0) is 25.9 Å². The van der Waals surface area contributed by atoms with E-state index in [1.54, 1.807) is 0 Å². The first-order valence-corrected chi connectivity index (χ1v) is 5.67. The monoisotopic (exact) mass is 200 g/mol. The third kappa shape index (κ3) is 3.56. The number of hydrogen-bond acceptors (Lipinski definition) is 3. The fourth-order valence-electron chi connectivity index (χ4n) is 2.19. The number of hydrogen-bond donors (Lipinski definition) is 1. The molecule has 1 atom stereocenters. The molecule has 3 heteroatoms. The summed E-state index contributed by atoms with van der Waals surface area (Å²) in [5, 5.41) is 8.85. The Hall–Kier alpha value is -0.120. The largest absolute Gasteiger partial charge is 0.395 e. The minimum atomic E-state index is 0.275. The predicted molar refractivity (Wildman–Crippen MR) is 59.4 cm³/mol. The molecule has 1 rings (SSSR count). The van der Waals surface area contributed by atoms with Crippen LogP contribution in [0.2, 0.25) is 0 Å². The predicted octanol–water partition coefficient (Wildman–Crippen LogP) is 0.641. The van der Waals surface area contributed by atoms with Gasteiger partial charge in [0.2, 0.25) is 0 Å². The summed E-state index contributed by atoms with van der Waals surface area (Å²) in [5.74, 6) is 0.761. The molecule has 0 saturated carbocycles. The van der Waals surface area contributed by atoms with E-state index in [0.29, 0.717) is 6.04 Å². The molecule has 84 valence electrons. The molecule has 0 aliphatic carbocycles. The summed E-state index contributed by atoms with van der Waals surface area (Å²) in [6, 6.07) is 0.654. The van der Waals surface area contributed by atoms with Gasteiger partial charge >= 0.3 is 0 Å². The van der Waals surface area contributed by atoms with Gasteiger partial charge in [0.25, 0.3) is 0 Å². The molecule has 1 aliphatic heterocycles. The number of likely N-dealkylation sites (N-methyl/N-ethyl adjacent to an activating group) is 1. The van der Waals surface area contributed by atoms with Gasteiger partial charge in [-0.2, -0.15) is 0 Å². The smallest absolute Gasteiger partial charge is 0.0558 e. The van der Waals surface area contributed by atoms with Crippen molar-refractivity contribution in [2.75, 3.05) is 39.8 Å². The van der Waals surface area contributed by atoms with E-state index in [1.165, 1.54) is 26.1 Å². The number of likely N-dealkylation sites (tertiary alicyclic amines) is 1. The van der Waals surface area contributed by atoms with Crippen LogP contribution >= 0.6 is 0 Å². The second-order valence-electron chi connectivity index (χ2n) is 4.80. The van der Waals surface area contributed by atoms with Crippen LogP contribution in [0.15, 0.2) is 0 Å². The minimum Gasteiger partial charge on any atom is -0.395 e. The van der Waals surface area contributed by atoms with Gasteiger partial charge in [0.15, 0.2) is 0 Å². The molecule has 1 aliphatic rings. The first-order chi connectivity index (χ1) is 6.63. The van der Waals surface area contributed by atoms with Gasteiger partial charge in [0.05, 0.1) is 6.61 Å². The molecule has 1 unspecified atom stereocenters. The molecule has 0 radical (unpaired) electrons. The summed E-state index contributed by atoms with van der Waals surface area (Å²) < 4.78 is 0. The molecular formula is C11H24N2O. The Bertz CT molecular complexity index is 161. The summed E-state index contributed by atoms with van der Waals surface area (Å²) in [7, 11) is 2.11. The van der Waals surface area contributed by atoms with Crippen molar-refractivity contribution < 1.29 is 5.11 Å². The molecule has 0 aromatic rings. The normalized spacial score (nSPS) is 24.0. The van der Waals surface area contributed by atoms with Crippen molar-refractivity contribution >= 4 is 0 Å². The van der Waals surface area contributed by atoms with E-state index in [1.807, 2.05) is 0 Å². The van der Waals surface area contributed by atoms with Crippen LogP contribution < -0.4 is 0 Å². The van der Waals surface area contributed by atoms with Crippen molar-refractivity contribution in [3.8, 4) is 0 Å². The van der Waals surface area contributed by atoms with Crippen LogP contribution in [0.3, 0.4) is 0 Å². The molecule has 14 heavy (non-hydrogen) atoms. The SMILES string of the molecule is CC(C)CN1CCC(N(C)CCO)C1. The van der Waals surface area contributed by atoms with Gasteiger partial charge in [-0.25, -0.2) is 0 Å². The highest BCUT2D eigenvalue weighted by Gasteiger charge is 2.25. The van der Waals surface area contributed by atoms with Crippen LogP contribution in [-0.4, -0.2) is 60.8 Å². The standard InChI is InChI=1S/C11H24N2O/c1-10(2)8-13-5-4-11(9-13)12(3)6-7-14/h10-11,14H,4-9H2,1-3H3. The first-order valence-electron chi connectivity index (χ1n) is 5.67. The maximum Gasteiger partial charge on any atom is 0.0558 e. The quantitative estimate of drug-likeness (QED) is 0.705. The van der Waals surface area contributed by atoms with Gasteiger partial charge in [-0.15, -0.1) is 0 Å².